The maximum absolute atomic E-state index is 9.21. The Labute approximate surface area is 112 Å². The smallest absolute Gasteiger partial charge is 0.146 e. The molecule has 0 amide bonds. The minimum Gasteiger partial charge on any atom is -0.397 e. The Bertz CT molecular complexity index is 655. The lowest BCUT2D eigenvalue weighted by atomic mass is 10.0. The largest absolute Gasteiger partial charge is 0.397 e. The number of hydrogen-bond acceptors (Lipinski definition) is 5. The molecule has 0 saturated carbocycles. The van der Waals surface area contributed by atoms with E-state index in [0.29, 0.717) is 17.1 Å². The lowest BCUT2D eigenvalue weighted by Crippen LogP contribution is -2.12. The molecule has 0 aliphatic heterocycles. The van der Waals surface area contributed by atoms with Gasteiger partial charge in [0.2, 0.25) is 0 Å². The van der Waals surface area contributed by atoms with Crippen molar-refractivity contribution in [2.75, 3.05) is 24.7 Å². The molecule has 0 bridgehead atoms. The molecule has 96 valence electrons. The number of pyridine rings is 2. The fraction of sp³-hybridized carbons (Fsp3) is 0.214. The summed E-state index contributed by atoms with van der Waals surface area (Å²) < 4.78 is 0. The predicted molar refractivity (Wildman–Crippen MR) is 75.7 cm³/mol. The van der Waals surface area contributed by atoms with E-state index >= 15 is 0 Å². The van der Waals surface area contributed by atoms with Crippen molar-refractivity contribution >= 4 is 11.5 Å². The van der Waals surface area contributed by atoms with Crippen LogP contribution in [0.4, 0.5) is 11.5 Å². The number of nitrogen functional groups attached to an aromatic ring is 1. The van der Waals surface area contributed by atoms with Gasteiger partial charge in [-0.15, -0.1) is 0 Å². The summed E-state index contributed by atoms with van der Waals surface area (Å²) in [6.45, 7) is 1.90. The average molecular weight is 253 g/mol. The summed E-state index contributed by atoms with van der Waals surface area (Å²) in [5, 5.41) is 9.21. The first-order chi connectivity index (χ1) is 9.02. The molecule has 5 nitrogen and oxygen atoms in total. The Morgan fingerprint density at radius 3 is 2.58 bits per heavy atom. The first kappa shape index (κ1) is 12.8. The molecule has 0 atom stereocenters. The molecule has 5 heteroatoms. The van der Waals surface area contributed by atoms with Crippen LogP contribution in [0.25, 0.3) is 11.1 Å². The second-order valence-corrected chi connectivity index (χ2v) is 4.50. The number of nitriles is 1. The zero-order valence-corrected chi connectivity index (χ0v) is 11.2. The van der Waals surface area contributed by atoms with E-state index in [1.807, 2.05) is 38.1 Å². The summed E-state index contributed by atoms with van der Waals surface area (Å²) in [6, 6.07) is 5.82. The van der Waals surface area contributed by atoms with Gasteiger partial charge in [-0.2, -0.15) is 5.26 Å². The molecule has 0 radical (unpaired) electrons. The van der Waals surface area contributed by atoms with Crippen molar-refractivity contribution in [1.82, 2.24) is 9.97 Å². The maximum Gasteiger partial charge on any atom is 0.146 e. The Morgan fingerprint density at radius 1 is 1.21 bits per heavy atom. The highest BCUT2D eigenvalue weighted by molar-refractivity contribution is 5.71. The van der Waals surface area contributed by atoms with E-state index in [4.69, 9.17) is 5.73 Å². The van der Waals surface area contributed by atoms with Crippen molar-refractivity contribution in [1.29, 1.82) is 5.26 Å². The summed E-state index contributed by atoms with van der Waals surface area (Å²) in [5.74, 6) is 0.653. The van der Waals surface area contributed by atoms with Crippen LogP contribution < -0.4 is 10.6 Å². The van der Waals surface area contributed by atoms with Gasteiger partial charge in [0.15, 0.2) is 0 Å². The van der Waals surface area contributed by atoms with Crippen LogP contribution in [0.3, 0.4) is 0 Å². The standard InChI is InChI=1S/C14H15N5/c1-9-13(5-12(16)8-17-9)11-4-10(6-15)14(18-7-11)19(2)3/h4-5,7-8H,16H2,1-3H3. The predicted octanol–water partition coefficient (Wildman–Crippen LogP) is 1.97. The molecule has 2 N–H and O–H groups in total. The first-order valence-electron chi connectivity index (χ1n) is 5.83. The number of nitrogens with two attached hydrogens (primary N) is 1. The fourth-order valence-corrected chi connectivity index (χ4v) is 1.88. The first-order valence-corrected chi connectivity index (χ1v) is 5.83. The van der Waals surface area contributed by atoms with Crippen LogP contribution >= 0.6 is 0 Å². The lowest BCUT2D eigenvalue weighted by molar-refractivity contribution is 1.06. The van der Waals surface area contributed by atoms with Crippen LogP contribution in [0.15, 0.2) is 24.5 Å². The third-order valence-electron chi connectivity index (χ3n) is 2.83. The number of rotatable bonds is 2. The zero-order valence-electron chi connectivity index (χ0n) is 11.2. The summed E-state index contributed by atoms with van der Waals surface area (Å²) in [7, 11) is 3.71. The van der Waals surface area contributed by atoms with E-state index in [2.05, 4.69) is 16.0 Å². The topological polar surface area (TPSA) is 78.8 Å². The van der Waals surface area contributed by atoms with Gasteiger partial charge in [-0.25, -0.2) is 4.98 Å². The minimum atomic E-state index is 0.532. The molecule has 2 aromatic heterocycles. The Hall–Kier alpha value is -2.61. The van der Waals surface area contributed by atoms with Gasteiger partial charge in [0.25, 0.3) is 0 Å². The van der Waals surface area contributed by atoms with Gasteiger partial charge in [-0.05, 0) is 19.1 Å². The Morgan fingerprint density at radius 2 is 1.95 bits per heavy atom. The molecule has 2 rings (SSSR count). The molecule has 0 saturated heterocycles. The van der Waals surface area contributed by atoms with E-state index < -0.39 is 0 Å². The van der Waals surface area contributed by atoms with Gasteiger partial charge in [0.05, 0.1) is 17.4 Å². The van der Waals surface area contributed by atoms with Gasteiger partial charge in [0, 0.05) is 37.1 Å². The minimum absolute atomic E-state index is 0.532. The van der Waals surface area contributed by atoms with Crippen LogP contribution in [0.5, 0.6) is 0 Å². The molecule has 0 aliphatic rings. The Balaban J connectivity index is 2.59. The van der Waals surface area contributed by atoms with Gasteiger partial charge < -0.3 is 10.6 Å². The van der Waals surface area contributed by atoms with Crippen LogP contribution in [0.1, 0.15) is 11.3 Å². The van der Waals surface area contributed by atoms with Gasteiger partial charge in [-0.1, -0.05) is 0 Å². The van der Waals surface area contributed by atoms with E-state index in [1.54, 1.807) is 12.4 Å². The number of hydrogen-bond donors (Lipinski definition) is 1. The molecule has 2 aromatic rings. The second kappa shape index (κ2) is 4.94. The van der Waals surface area contributed by atoms with E-state index in [9.17, 15) is 5.26 Å². The second-order valence-electron chi connectivity index (χ2n) is 4.50. The number of anilines is 2. The molecule has 0 unspecified atom stereocenters. The normalized spacial score (nSPS) is 10.0. The highest BCUT2D eigenvalue weighted by atomic mass is 15.1. The third-order valence-corrected chi connectivity index (χ3v) is 2.83. The zero-order chi connectivity index (χ0) is 14.0. The van der Waals surface area contributed by atoms with Crippen LogP contribution in [-0.4, -0.2) is 24.1 Å². The van der Waals surface area contributed by atoms with Crippen LogP contribution in [-0.2, 0) is 0 Å². The SMILES string of the molecule is Cc1ncc(N)cc1-c1cnc(N(C)C)c(C#N)c1. The van der Waals surface area contributed by atoms with Gasteiger partial charge >= 0.3 is 0 Å². The molecule has 0 aliphatic carbocycles. The lowest BCUT2D eigenvalue weighted by Gasteiger charge is -2.14. The number of nitrogens with zero attached hydrogens (tertiary/aromatic N) is 4. The molecule has 0 fully saturated rings. The molecule has 0 aromatic carbocycles. The van der Waals surface area contributed by atoms with Crippen molar-refractivity contribution in [3.8, 4) is 17.2 Å². The van der Waals surface area contributed by atoms with E-state index in [0.717, 1.165) is 16.8 Å². The summed E-state index contributed by atoms with van der Waals surface area (Å²) in [5.41, 5.74) is 9.49. The molecule has 0 spiro atoms. The summed E-state index contributed by atoms with van der Waals surface area (Å²) >= 11 is 0. The monoisotopic (exact) mass is 253 g/mol. The summed E-state index contributed by atoms with van der Waals surface area (Å²) in [6.07, 6.45) is 3.35. The van der Waals surface area contributed by atoms with Gasteiger partial charge in [0.1, 0.15) is 11.9 Å². The van der Waals surface area contributed by atoms with Crippen LogP contribution in [0.2, 0.25) is 0 Å². The van der Waals surface area contributed by atoms with Crippen molar-refractivity contribution in [3.63, 3.8) is 0 Å². The number of aryl methyl sites for hydroxylation is 1. The molecular formula is C14H15N5. The van der Waals surface area contributed by atoms with Crippen molar-refractivity contribution < 1.29 is 0 Å². The number of aromatic nitrogens is 2. The average Bonchev–Trinajstić information content (AvgIpc) is 2.40. The van der Waals surface area contributed by atoms with Crippen molar-refractivity contribution in [2.45, 2.75) is 6.92 Å². The highest BCUT2D eigenvalue weighted by Gasteiger charge is 2.10. The van der Waals surface area contributed by atoms with E-state index in [-0.39, 0.29) is 0 Å². The highest BCUT2D eigenvalue weighted by Crippen LogP contribution is 2.26. The van der Waals surface area contributed by atoms with E-state index in [1.165, 1.54) is 0 Å². The quantitative estimate of drug-likeness (QED) is 0.885. The van der Waals surface area contributed by atoms with Crippen LogP contribution in [0, 0.1) is 18.3 Å². The van der Waals surface area contributed by atoms with Crippen molar-refractivity contribution in [2.24, 2.45) is 0 Å². The molecular weight excluding hydrogens is 238 g/mol. The molecule has 19 heavy (non-hydrogen) atoms. The van der Waals surface area contributed by atoms with Crippen molar-refractivity contribution in [3.05, 3.63) is 35.8 Å². The molecule has 2 heterocycles. The third kappa shape index (κ3) is 2.47. The maximum atomic E-state index is 9.21. The Kier molecular flexibility index (Phi) is 3.34. The van der Waals surface area contributed by atoms with Gasteiger partial charge in [-0.3, -0.25) is 4.98 Å². The fourth-order valence-electron chi connectivity index (χ4n) is 1.88. The summed E-state index contributed by atoms with van der Waals surface area (Å²) in [4.78, 5) is 10.4.